The Labute approximate surface area is 167 Å². The average Bonchev–Trinajstić information content (AvgIpc) is 3.32. The molecule has 2 aromatic rings. The van der Waals surface area contributed by atoms with Crippen molar-refractivity contribution >= 4 is 34.9 Å². The molecule has 5 rings (SSSR count). The second-order valence-electron chi connectivity index (χ2n) is 7.80. The lowest BCUT2D eigenvalue weighted by Gasteiger charge is -2.24. The molecule has 0 spiro atoms. The summed E-state index contributed by atoms with van der Waals surface area (Å²) in [6, 6.07) is 13.7. The van der Waals surface area contributed by atoms with Crippen molar-refractivity contribution in [1.29, 1.82) is 0 Å². The Kier molecular flexibility index (Phi) is 4.02. The van der Waals surface area contributed by atoms with Crippen LogP contribution in [0.2, 0.25) is 5.02 Å². The lowest BCUT2D eigenvalue weighted by atomic mass is 9.79. The highest BCUT2D eigenvalue weighted by atomic mass is 35.5. The minimum absolute atomic E-state index is 0.0164. The molecule has 5 unspecified atom stereocenters. The number of anilines is 1. The van der Waals surface area contributed by atoms with Gasteiger partial charge in [-0.25, -0.2) is 0 Å². The molecule has 2 aliphatic carbocycles. The molecule has 1 N–H and O–H groups in total. The SMILES string of the molecule is O=C(c1ccccc1)c1cc(Cl)ccc1NC(=O)C1C2CC3OC(=O)C1C3C2. The summed E-state index contributed by atoms with van der Waals surface area (Å²) in [4.78, 5) is 38.2. The van der Waals surface area contributed by atoms with E-state index in [0.717, 1.165) is 12.8 Å². The zero-order chi connectivity index (χ0) is 19.4. The lowest BCUT2D eigenvalue weighted by Crippen LogP contribution is -2.36. The van der Waals surface area contributed by atoms with E-state index in [2.05, 4.69) is 5.32 Å². The largest absolute Gasteiger partial charge is 0.462 e. The number of halogens is 1. The zero-order valence-corrected chi connectivity index (χ0v) is 15.7. The zero-order valence-electron chi connectivity index (χ0n) is 14.9. The average molecular weight is 396 g/mol. The van der Waals surface area contributed by atoms with Crippen LogP contribution in [0.5, 0.6) is 0 Å². The molecule has 1 saturated heterocycles. The van der Waals surface area contributed by atoms with Crippen LogP contribution in [0.1, 0.15) is 28.8 Å². The molecule has 0 aromatic heterocycles. The van der Waals surface area contributed by atoms with Crippen LogP contribution in [-0.4, -0.2) is 23.8 Å². The van der Waals surface area contributed by atoms with Crippen LogP contribution in [0.25, 0.3) is 0 Å². The summed E-state index contributed by atoms with van der Waals surface area (Å²) in [7, 11) is 0. The van der Waals surface area contributed by atoms with E-state index < -0.39 is 5.92 Å². The maximum atomic E-state index is 13.1. The summed E-state index contributed by atoms with van der Waals surface area (Å²) >= 11 is 6.11. The van der Waals surface area contributed by atoms with E-state index in [4.69, 9.17) is 16.3 Å². The van der Waals surface area contributed by atoms with E-state index in [-0.39, 0.29) is 41.5 Å². The van der Waals surface area contributed by atoms with E-state index in [1.807, 2.05) is 6.07 Å². The topological polar surface area (TPSA) is 72.5 Å². The van der Waals surface area contributed by atoms with Crippen molar-refractivity contribution in [2.45, 2.75) is 18.9 Å². The summed E-state index contributed by atoms with van der Waals surface area (Å²) in [6.45, 7) is 0. The molecule has 5 nitrogen and oxygen atoms in total. The molecule has 2 saturated carbocycles. The Hall–Kier alpha value is -2.66. The van der Waals surface area contributed by atoms with Crippen LogP contribution in [0.3, 0.4) is 0 Å². The molecule has 142 valence electrons. The van der Waals surface area contributed by atoms with Gasteiger partial charge in [-0.15, -0.1) is 0 Å². The van der Waals surface area contributed by atoms with E-state index in [1.165, 1.54) is 0 Å². The first-order valence-electron chi connectivity index (χ1n) is 9.43. The number of ketones is 1. The fraction of sp³-hybridized carbons (Fsp3) is 0.318. The van der Waals surface area contributed by atoms with Crippen molar-refractivity contribution in [2.75, 3.05) is 5.32 Å². The number of nitrogens with one attached hydrogen (secondary N) is 1. The third-order valence-electron chi connectivity index (χ3n) is 6.31. The van der Waals surface area contributed by atoms with Crippen molar-refractivity contribution in [3.8, 4) is 0 Å². The number of rotatable bonds is 4. The second kappa shape index (κ2) is 6.45. The predicted molar refractivity (Wildman–Crippen MR) is 103 cm³/mol. The Balaban J connectivity index is 1.44. The van der Waals surface area contributed by atoms with E-state index in [1.54, 1.807) is 42.5 Å². The molecule has 3 fully saturated rings. The van der Waals surface area contributed by atoms with Gasteiger partial charge in [0.05, 0.1) is 17.5 Å². The highest BCUT2D eigenvalue weighted by molar-refractivity contribution is 6.31. The first-order valence-corrected chi connectivity index (χ1v) is 9.81. The summed E-state index contributed by atoms with van der Waals surface area (Å²) in [5, 5.41) is 3.31. The van der Waals surface area contributed by atoms with Crippen molar-refractivity contribution < 1.29 is 19.1 Å². The maximum Gasteiger partial charge on any atom is 0.310 e. The van der Waals surface area contributed by atoms with Gasteiger partial charge in [0, 0.05) is 22.1 Å². The first-order chi connectivity index (χ1) is 13.5. The predicted octanol–water partition coefficient (Wildman–Crippen LogP) is 3.71. The van der Waals surface area contributed by atoms with Crippen LogP contribution in [0, 0.1) is 23.7 Å². The first kappa shape index (κ1) is 17.4. The maximum absolute atomic E-state index is 13.1. The number of hydrogen-bond acceptors (Lipinski definition) is 4. The quantitative estimate of drug-likeness (QED) is 0.632. The Morgan fingerprint density at radius 1 is 1.07 bits per heavy atom. The van der Waals surface area contributed by atoms with Crippen molar-refractivity contribution in [3.05, 3.63) is 64.7 Å². The molecule has 2 aromatic carbocycles. The third kappa shape index (κ3) is 2.65. The van der Waals surface area contributed by atoms with Crippen LogP contribution in [-0.2, 0) is 14.3 Å². The van der Waals surface area contributed by atoms with Crippen LogP contribution >= 0.6 is 11.6 Å². The smallest absolute Gasteiger partial charge is 0.310 e. The fourth-order valence-electron chi connectivity index (χ4n) is 5.14. The molecule has 2 bridgehead atoms. The molecule has 6 heteroatoms. The number of carbonyl (C=O) groups excluding carboxylic acids is 3. The summed E-state index contributed by atoms with van der Waals surface area (Å²) in [5.74, 6) is -1.13. The van der Waals surface area contributed by atoms with Crippen LogP contribution in [0.15, 0.2) is 48.5 Å². The van der Waals surface area contributed by atoms with Crippen molar-refractivity contribution in [2.24, 2.45) is 23.7 Å². The minimum Gasteiger partial charge on any atom is -0.462 e. The standard InChI is InChI=1S/C22H18ClNO4/c23-13-6-7-16(14(10-13)20(25)11-4-2-1-3-5-11)24-21(26)18-12-8-15-17(9-12)28-22(27)19(15)18/h1-7,10,12,15,17-19H,8-9H2,(H,24,26). The van der Waals surface area contributed by atoms with Crippen LogP contribution in [0.4, 0.5) is 5.69 Å². The molecule has 0 radical (unpaired) electrons. The van der Waals surface area contributed by atoms with Gasteiger partial charge in [0.2, 0.25) is 5.91 Å². The van der Waals surface area contributed by atoms with Gasteiger partial charge in [-0.3, -0.25) is 14.4 Å². The van der Waals surface area contributed by atoms with E-state index in [9.17, 15) is 14.4 Å². The fourth-order valence-corrected chi connectivity index (χ4v) is 5.31. The molecule has 28 heavy (non-hydrogen) atoms. The monoisotopic (exact) mass is 395 g/mol. The molecule has 3 aliphatic rings. The molecule has 1 amide bonds. The van der Waals surface area contributed by atoms with Gasteiger partial charge < -0.3 is 10.1 Å². The normalized spacial score (nSPS) is 29.6. The second-order valence-corrected chi connectivity index (χ2v) is 8.23. The highest BCUT2D eigenvalue weighted by Gasteiger charge is 2.63. The molecule has 1 heterocycles. The third-order valence-corrected chi connectivity index (χ3v) is 6.54. The summed E-state index contributed by atoms with van der Waals surface area (Å²) in [5.41, 5.74) is 1.26. The van der Waals surface area contributed by atoms with Crippen molar-refractivity contribution in [3.63, 3.8) is 0 Å². The summed E-state index contributed by atoms with van der Waals surface area (Å²) < 4.78 is 5.41. The van der Waals surface area contributed by atoms with Gasteiger partial charge >= 0.3 is 5.97 Å². The number of amides is 1. The molecular weight excluding hydrogens is 378 g/mol. The number of carbonyl (C=O) groups is 3. The minimum atomic E-state index is -0.397. The number of esters is 1. The number of ether oxygens (including phenoxy) is 1. The Bertz CT molecular complexity index is 987. The van der Waals surface area contributed by atoms with Gasteiger partial charge in [-0.2, -0.15) is 0 Å². The lowest BCUT2D eigenvalue weighted by molar-refractivity contribution is -0.145. The summed E-state index contributed by atoms with van der Waals surface area (Å²) in [6.07, 6.45) is 1.59. The van der Waals surface area contributed by atoms with Gasteiger partial charge in [0.1, 0.15) is 6.10 Å². The van der Waals surface area contributed by atoms with E-state index >= 15 is 0 Å². The van der Waals surface area contributed by atoms with E-state index in [0.29, 0.717) is 21.8 Å². The Morgan fingerprint density at radius 3 is 2.64 bits per heavy atom. The van der Waals surface area contributed by atoms with Gasteiger partial charge in [0.25, 0.3) is 0 Å². The number of fused-ring (bicyclic) bond motifs is 1. The van der Waals surface area contributed by atoms with Gasteiger partial charge in [-0.1, -0.05) is 41.9 Å². The van der Waals surface area contributed by atoms with Crippen molar-refractivity contribution in [1.82, 2.24) is 0 Å². The van der Waals surface area contributed by atoms with Crippen LogP contribution < -0.4 is 5.32 Å². The number of hydrogen-bond donors (Lipinski definition) is 1. The van der Waals surface area contributed by atoms with Gasteiger partial charge in [0.15, 0.2) is 5.78 Å². The number of benzene rings is 2. The van der Waals surface area contributed by atoms with Gasteiger partial charge in [-0.05, 0) is 37.0 Å². The molecular formula is C22H18ClNO4. The molecule has 5 atom stereocenters. The highest BCUT2D eigenvalue weighted by Crippen LogP contribution is 2.57. The Morgan fingerprint density at radius 2 is 1.86 bits per heavy atom. The molecule has 1 aliphatic heterocycles.